The topological polar surface area (TPSA) is 33.0 Å². The molecule has 2 fully saturated rings. The van der Waals surface area contributed by atoms with Crippen LogP contribution in [0.15, 0.2) is 24.3 Å². The second kappa shape index (κ2) is 4.01. The number of rotatable bonds is 2. The van der Waals surface area contributed by atoms with Crippen LogP contribution in [0.5, 0.6) is 0 Å². The Morgan fingerprint density at radius 2 is 2.35 bits per heavy atom. The molecule has 2 saturated heterocycles. The van der Waals surface area contributed by atoms with Gasteiger partial charge in [-0.25, -0.2) is 0 Å². The number of fused-ring (bicyclic) bond motifs is 2. The van der Waals surface area contributed by atoms with Gasteiger partial charge in [-0.15, -0.1) is 0 Å². The Morgan fingerprint density at radius 1 is 1.47 bits per heavy atom. The number of hydrogen-bond donors (Lipinski definition) is 0. The molecule has 2 nitrogen and oxygen atoms in total. The fraction of sp³-hybridized carbons (Fsp3) is 0.500. The van der Waals surface area contributed by atoms with E-state index in [1.165, 1.54) is 0 Å². The van der Waals surface area contributed by atoms with Gasteiger partial charge in [0.25, 0.3) is 0 Å². The molecule has 0 saturated carbocycles. The lowest BCUT2D eigenvalue weighted by Crippen LogP contribution is -2.33. The van der Waals surface area contributed by atoms with Crippen LogP contribution in [-0.2, 0) is 11.2 Å². The highest BCUT2D eigenvalue weighted by Gasteiger charge is 2.52. The van der Waals surface area contributed by atoms with Gasteiger partial charge >= 0.3 is 0 Å². The number of hydrogen-bond acceptors (Lipinski definition) is 2. The van der Waals surface area contributed by atoms with Crippen LogP contribution in [0.4, 0.5) is 0 Å². The predicted octanol–water partition coefficient (Wildman–Crippen LogP) is 3.34. The SMILES string of the molecule is N#CC1(Cc2cccc(Cl)c2)CC2CCC1O2. The van der Waals surface area contributed by atoms with Gasteiger partial charge in [-0.3, -0.25) is 0 Å². The van der Waals surface area contributed by atoms with E-state index in [2.05, 4.69) is 6.07 Å². The summed E-state index contributed by atoms with van der Waals surface area (Å²) in [4.78, 5) is 0. The van der Waals surface area contributed by atoms with Crippen molar-refractivity contribution < 1.29 is 4.74 Å². The third-order valence-electron chi connectivity index (χ3n) is 3.95. The normalized spacial score (nSPS) is 34.8. The maximum Gasteiger partial charge on any atom is 0.0899 e. The van der Waals surface area contributed by atoms with E-state index in [1.807, 2.05) is 24.3 Å². The summed E-state index contributed by atoms with van der Waals surface area (Å²) in [6.07, 6.45) is 4.20. The summed E-state index contributed by atoms with van der Waals surface area (Å²) in [6, 6.07) is 10.3. The molecule has 3 atom stereocenters. The minimum atomic E-state index is -0.326. The predicted molar refractivity (Wildman–Crippen MR) is 65.7 cm³/mol. The summed E-state index contributed by atoms with van der Waals surface area (Å²) in [6.45, 7) is 0. The van der Waals surface area contributed by atoms with E-state index in [-0.39, 0.29) is 11.5 Å². The molecule has 2 bridgehead atoms. The van der Waals surface area contributed by atoms with E-state index in [4.69, 9.17) is 16.3 Å². The number of benzene rings is 1. The lowest BCUT2D eigenvalue weighted by Gasteiger charge is -2.28. The second-order valence-corrected chi connectivity index (χ2v) is 5.54. The van der Waals surface area contributed by atoms with Crippen LogP contribution >= 0.6 is 11.6 Å². The average molecular weight is 248 g/mol. The van der Waals surface area contributed by atoms with Gasteiger partial charge in [0.15, 0.2) is 0 Å². The molecule has 1 aromatic rings. The van der Waals surface area contributed by atoms with Crippen LogP contribution < -0.4 is 0 Å². The Bertz CT molecular complexity index is 481. The Balaban J connectivity index is 1.86. The third kappa shape index (κ3) is 1.84. The molecule has 88 valence electrons. The largest absolute Gasteiger partial charge is 0.373 e. The van der Waals surface area contributed by atoms with Crippen LogP contribution in [0.1, 0.15) is 24.8 Å². The average Bonchev–Trinajstić information content (AvgIpc) is 2.89. The van der Waals surface area contributed by atoms with Crippen LogP contribution in [0.3, 0.4) is 0 Å². The zero-order chi connectivity index (χ0) is 11.9. The lowest BCUT2D eigenvalue weighted by molar-refractivity contribution is 0.0787. The van der Waals surface area contributed by atoms with E-state index in [0.717, 1.165) is 36.3 Å². The Hall–Kier alpha value is -1.04. The standard InChI is InChI=1S/C14H14ClNO/c15-11-3-1-2-10(6-11)7-14(9-16)8-12-4-5-13(14)17-12/h1-3,6,12-13H,4-5,7-8H2. The highest BCUT2D eigenvalue weighted by molar-refractivity contribution is 6.30. The van der Waals surface area contributed by atoms with Gasteiger partial charge in [0.05, 0.1) is 23.7 Å². The van der Waals surface area contributed by atoms with Crippen molar-refractivity contribution in [2.45, 2.75) is 37.9 Å². The van der Waals surface area contributed by atoms with Crippen molar-refractivity contribution in [3.63, 3.8) is 0 Å². The summed E-state index contributed by atoms with van der Waals surface area (Å²) in [7, 11) is 0. The van der Waals surface area contributed by atoms with E-state index in [0.29, 0.717) is 6.10 Å². The first-order chi connectivity index (χ1) is 8.22. The molecule has 17 heavy (non-hydrogen) atoms. The summed E-state index contributed by atoms with van der Waals surface area (Å²) in [5.41, 5.74) is 0.809. The quantitative estimate of drug-likeness (QED) is 0.803. The molecule has 2 aliphatic heterocycles. The molecule has 0 amide bonds. The molecular formula is C14H14ClNO. The first-order valence-corrected chi connectivity index (χ1v) is 6.41. The van der Waals surface area contributed by atoms with Crippen molar-refractivity contribution in [3.05, 3.63) is 34.9 Å². The number of nitrogens with zero attached hydrogens (tertiary/aromatic N) is 1. The Morgan fingerprint density at radius 3 is 2.94 bits per heavy atom. The lowest BCUT2D eigenvalue weighted by atomic mass is 9.71. The van der Waals surface area contributed by atoms with Crippen LogP contribution in [0, 0.1) is 16.7 Å². The second-order valence-electron chi connectivity index (χ2n) is 5.10. The van der Waals surface area contributed by atoms with E-state index in [1.54, 1.807) is 0 Å². The smallest absolute Gasteiger partial charge is 0.0899 e. The van der Waals surface area contributed by atoms with Crippen molar-refractivity contribution >= 4 is 11.6 Å². The maximum absolute atomic E-state index is 9.51. The van der Waals surface area contributed by atoms with Gasteiger partial charge in [-0.2, -0.15) is 5.26 Å². The van der Waals surface area contributed by atoms with Gasteiger partial charge in [-0.05, 0) is 43.4 Å². The molecule has 1 aromatic carbocycles. The molecule has 3 unspecified atom stereocenters. The summed E-state index contributed by atoms with van der Waals surface area (Å²) >= 11 is 5.98. The van der Waals surface area contributed by atoms with Gasteiger partial charge in [0.2, 0.25) is 0 Å². The summed E-state index contributed by atoms with van der Waals surface area (Å²) in [5.74, 6) is 0. The van der Waals surface area contributed by atoms with E-state index >= 15 is 0 Å². The third-order valence-corrected chi connectivity index (χ3v) is 4.18. The fourth-order valence-electron chi connectivity index (χ4n) is 3.15. The first kappa shape index (κ1) is 11.1. The number of halogens is 1. The van der Waals surface area contributed by atoms with Crippen molar-refractivity contribution in [2.75, 3.05) is 0 Å². The summed E-state index contributed by atoms with van der Waals surface area (Å²) < 4.78 is 5.83. The molecule has 3 heteroatoms. The zero-order valence-electron chi connectivity index (χ0n) is 9.53. The molecule has 0 aromatic heterocycles. The van der Waals surface area contributed by atoms with Crippen molar-refractivity contribution in [1.29, 1.82) is 5.26 Å². The monoisotopic (exact) mass is 247 g/mol. The summed E-state index contributed by atoms with van der Waals surface area (Å²) in [5, 5.41) is 10.2. The van der Waals surface area contributed by atoms with E-state index < -0.39 is 0 Å². The molecule has 2 aliphatic rings. The molecule has 2 heterocycles. The first-order valence-electron chi connectivity index (χ1n) is 6.03. The minimum Gasteiger partial charge on any atom is -0.373 e. The van der Waals surface area contributed by atoms with Crippen molar-refractivity contribution in [3.8, 4) is 6.07 Å². The van der Waals surface area contributed by atoms with Gasteiger partial charge in [0, 0.05) is 5.02 Å². The Kier molecular flexibility index (Phi) is 2.61. The molecule has 0 radical (unpaired) electrons. The van der Waals surface area contributed by atoms with E-state index in [9.17, 15) is 5.26 Å². The van der Waals surface area contributed by atoms with Gasteiger partial charge < -0.3 is 4.74 Å². The number of nitriles is 1. The molecular weight excluding hydrogens is 234 g/mol. The van der Waals surface area contributed by atoms with Crippen LogP contribution in [0.2, 0.25) is 5.02 Å². The van der Waals surface area contributed by atoms with Crippen LogP contribution in [-0.4, -0.2) is 12.2 Å². The van der Waals surface area contributed by atoms with Crippen molar-refractivity contribution in [1.82, 2.24) is 0 Å². The zero-order valence-corrected chi connectivity index (χ0v) is 10.3. The van der Waals surface area contributed by atoms with Gasteiger partial charge in [-0.1, -0.05) is 23.7 Å². The van der Waals surface area contributed by atoms with Crippen molar-refractivity contribution in [2.24, 2.45) is 5.41 Å². The maximum atomic E-state index is 9.51. The molecule has 0 N–H and O–H groups in total. The van der Waals surface area contributed by atoms with Crippen LogP contribution in [0.25, 0.3) is 0 Å². The highest BCUT2D eigenvalue weighted by atomic mass is 35.5. The molecule has 0 aliphatic carbocycles. The number of ether oxygens (including phenoxy) is 1. The fourth-order valence-corrected chi connectivity index (χ4v) is 3.37. The Labute approximate surface area is 106 Å². The van der Waals surface area contributed by atoms with Gasteiger partial charge in [0.1, 0.15) is 0 Å². The molecule has 0 spiro atoms. The highest BCUT2D eigenvalue weighted by Crippen LogP contribution is 2.49. The minimum absolute atomic E-state index is 0.122. The molecule has 3 rings (SSSR count).